The molecule has 1 fully saturated rings. The van der Waals surface area contributed by atoms with E-state index in [2.05, 4.69) is 19.9 Å². The van der Waals surface area contributed by atoms with Gasteiger partial charge in [-0.05, 0) is 55.8 Å². The number of carbonyl (C=O) groups is 2. The van der Waals surface area contributed by atoms with Crippen LogP contribution in [0.1, 0.15) is 66.7 Å². The third-order valence-electron chi connectivity index (χ3n) is 7.36. The normalized spacial score (nSPS) is 38.9. The number of aliphatic hydroxyl groups excluding tert-OH is 2. The summed E-state index contributed by atoms with van der Waals surface area (Å²) in [5, 5.41) is 30.5. The number of fused-ring (bicyclic) bond motifs is 1. The number of ether oxygens (including phenoxy) is 1. The van der Waals surface area contributed by atoms with Crippen molar-refractivity contribution in [3.8, 4) is 0 Å². The van der Waals surface area contributed by atoms with E-state index in [1.165, 1.54) is 12.5 Å². The van der Waals surface area contributed by atoms with Crippen LogP contribution in [0.4, 0.5) is 0 Å². The van der Waals surface area contributed by atoms with Crippen molar-refractivity contribution >= 4 is 11.9 Å². The molecule has 6 nitrogen and oxygen atoms in total. The number of carboxylic acid groups (broad SMARTS) is 1. The maximum Gasteiger partial charge on any atom is 0.303 e. The second kappa shape index (κ2) is 8.54. The van der Waals surface area contributed by atoms with Crippen molar-refractivity contribution in [2.45, 2.75) is 78.9 Å². The van der Waals surface area contributed by atoms with Gasteiger partial charge in [-0.2, -0.15) is 0 Å². The van der Waals surface area contributed by atoms with Crippen molar-refractivity contribution in [1.29, 1.82) is 0 Å². The van der Waals surface area contributed by atoms with Crippen molar-refractivity contribution in [3.63, 3.8) is 0 Å². The van der Waals surface area contributed by atoms with E-state index in [1.54, 1.807) is 0 Å². The molecule has 1 saturated carbocycles. The average Bonchev–Trinajstić information content (AvgIpc) is 2.56. The van der Waals surface area contributed by atoms with E-state index < -0.39 is 29.6 Å². The number of carbonyl (C=O) groups excluding carboxylic acids is 1. The first-order valence-electron chi connectivity index (χ1n) is 10.3. The van der Waals surface area contributed by atoms with Crippen LogP contribution in [-0.4, -0.2) is 46.1 Å². The minimum absolute atomic E-state index is 0.0567. The Kier molecular flexibility index (Phi) is 6.98. The first-order valence-corrected chi connectivity index (χ1v) is 10.3. The first-order chi connectivity index (χ1) is 12.9. The van der Waals surface area contributed by atoms with E-state index in [9.17, 15) is 19.8 Å². The molecule has 2 aliphatic carbocycles. The van der Waals surface area contributed by atoms with Crippen molar-refractivity contribution in [2.75, 3.05) is 6.61 Å². The molecule has 0 aliphatic heterocycles. The lowest BCUT2D eigenvalue weighted by atomic mass is 9.46. The van der Waals surface area contributed by atoms with E-state index in [0.29, 0.717) is 6.42 Å². The number of esters is 1. The van der Waals surface area contributed by atoms with Gasteiger partial charge in [0.25, 0.3) is 0 Å². The zero-order valence-corrected chi connectivity index (χ0v) is 17.8. The van der Waals surface area contributed by atoms with Crippen LogP contribution in [0.15, 0.2) is 11.6 Å². The van der Waals surface area contributed by atoms with Crippen LogP contribution < -0.4 is 0 Å². The molecule has 160 valence electrons. The van der Waals surface area contributed by atoms with E-state index in [4.69, 9.17) is 9.84 Å². The SMILES string of the molecule is CC(=O)OC[C@@]1(C)[C@H]2CC=C(C)[C@@H](CC[C@@H](C)CC(=O)O)[C@]2(C)C[C@H](O)[C@@H]1O. The summed E-state index contributed by atoms with van der Waals surface area (Å²) in [7, 11) is 0. The number of hydrogen-bond acceptors (Lipinski definition) is 5. The van der Waals surface area contributed by atoms with Gasteiger partial charge in [0.05, 0.1) is 18.8 Å². The summed E-state index contributed by atoms with van der Waals surface area (Å²) >= 11 is 0. The van der Waals surface area contributed by atoms with Crippen LogP contribution in [0.3, 0.4) is 0 Å². The molecule has 2 rings (SSSR count). The first kappa shape index (κ1) is 22.9. The molecule has 0 unspecified atom stereocenters. The Balaban J connectivity index is 2.30. The van der Waals surface area contributed by atoms with Gasteiger partial charge in [0, 0.05) is 18.8 Å². The molecule has 6 heteroatoms. The Hall–Kier alpha value is -1.40. The summed E-state index contributed by atoms with van der Waals surface area (Å²) in [5.41, 5.74) is 0.273. The molecule has 0 spiro atoms. The van der Waals surface area contributed by atoms with Crippen LogP contribution in [-0.2, 0) is 14.3 Å². The summed E-state index contributed by atoms with van der Waals surface area (Å²) in [6, 6.07) is 0. The smallest absolute Gasteiger partial charge is 0.303 e. The average molecular weight is 397 g/mol. The summed E-state index contributed by atoms with van der Waals surface area (Å²) in [4.78, 5) is 22.4. The largest absolute Gasteiger partial charge is 0.481 e. The Labute approximate surface area is 168 Å². The number of rotatable bonds is 7. The van der Waals surface area contributed by atoms with Crippen molar-refractivity contribution in [1.82, 2.24) is 0 Å². The minimum atomic E-state index is -0.955. The lowest BCUT2D eigenvalue weighted by molar-refractivity contribution is -0.202. The number of allylic oxidation sites excluding steroid dienone is 2. The molecule has 0 aromatic heterocycles. The van der Waals surface area contributed by atoms with Gasteiger partial charge in [-0.25, -0.2) is 0 Å². The molecule has 0 saturated heterocycles. The molecule has 2 aliphatic rings. The highest BCUT2D eigenvalue weighted by Crippen LogP contribution is 2.61. The van der Waals surface area contributed by atoms with Gasteiger partial charge in [0.2, 0.25) is 0 Å². The Morgan fingerprint density at radius 1 is 1.32 bits per heavy atom. The molecule has 0 amide bonds. The topological polar surface area (TPSA) is 104 Å². The Bertz CT molecular complexity index is 629. The highest BCUT2D eigenvalue weighted by atomic mass is 16.5. The molecule has 7 atom stereocenters. The van der Waals surface area contributed by atoms with E-state index >= 15 is 0 Å². The zero-order chi connectivity index (χ0) is 21.3. The highest BCUT2D eigenvalue weighted by molar-refractivity contribution is 5.67. The summed E-state index contributed by atoms with van der Waals surface area (Å²) in [5.74, 6) is -0.835. The van der Waals surface area contributed by atoms with Crippen LogP contribution in [0.25, 0.3) is 0 Å². The van der Waals surface area contributed by atoms with Crippen molar-refractivity contribution in [2.24, 2.45) is 28.6 Å². The quantitative estimate of drug-likeness (QED) is 0.451. The Morgan fingerprint density at radius 3 is 2.54 bits per heavy atom. The predicted octanol–water partition coefficient (Wildman–Crippen LogP) is 3.16. The summed E-state index contributed by atoms with van der Waals surface area (Å²) in [6.45, 7) is 9.57. The van der Waals surface area contributed by atoms with Gasteiger partial charge in [0.1, 0.15) is 0 Å². The predicted molar refractivity (Wildman–Crippen MR) is 105 cm³/mol. The highest BCUT2D eigenvalue weighted by Gasteiger charge is 2.60. The van der Waals surface area contributed by atoms with Crippen LogP contribution in [0.2, 0.25) is 0 Å². The summed E-state index contributed by atoms with van der Waals surface area (Å²) in [6.07, 6.45) is 3.41. The van der Waals surface area contributed by atoms with Crippen LogP contribution in [0.5, 0.6) is 0 Å². The lowest BCUT2D eigenvalue weighted by Gasteiger charge is -2.60. The van der Waals surface area contributed by atoms with E-state index in [1.807, 2.05) is 13.8 Å². The van der Waals surface area contributed by atoms with E-state index in [-0.39, 0.29) is 36.2 Å². The third-order valence-corrected chi connectivity index (χ3v) is 7.36. The van der Waals surface area contributed by atoms with Gasteiger partial charge >= 0.3 is 11.9 Å². The number of aliphatic hydroxyl groups is 2. The van der Waals surface area contributed by atoms with Gasteiger partial charge < -0.3 is 20.1 Å². The van der Waals surface area contributed by atoms with Gasteiger partial charge in [-0.3, -0.25) is 9.59 Å². The maximum absolute atomic E-state index is 11.4. The van der Waals surface area contributed by atoms with Gasteiger partial charge in [-0.1, -0.05) is 32.4 Å². The van der Waals surface area contributed by atoms with Crippen molar-refractivity contribution < 1.29 is 29.6 Å². The maximum atomic E-state index is 11.4. The van der Waals surface area contributed by atoms with Crippen LogP contribution in [0, 0.1) is 28.6 Å². The molecule has 28 heavy (non-hydrogen) atoms. The third kappa shape index (κ3) is 4.43. The van der Waals surface area contributed by atoms with Crippen LogP contribution >= 0.6 is 0 Å². The standard InChI is InChI=1S/C22H36O6/c1-13(10-19(25)26)6-8-16-14(2)7-9-18-21(16,4)11-17(24)20(27)22(18,5)12-28-15(3)23/h7,13,16-18,20,24,27H,6,8-12H2,1-5H3,(H,25,26)/t13-,16-,17+,18+,20+,21+,22+/m1/s1. The van der Waals surface area contributed by atoms with E-state index in [0.717, 1.165) is 19.3 Å². The second-order valence-electron chi connectivity index (χ2n) is 9.58. The molecule has 0 radical (unpaired) electrons. The molecule has 0 aromatic carbocycles. The molecule has 0 bridgehead atoms. The number of hydrogen-bond donors (Lipinski definition) is 3. The Morgan fingerprint density at radius 2 is 1.96 bits per heavy atom. The van der Waals surface area contributed by atoms with Gasteiger partial charge in [0.15, 0.2) is 0 Å². The summed E-state index contributed by atoms with van der Waals surface area (Å²) < 4.78 is 5.31. The van der Waals surface area contributed by atoms with Crippen molar-refractivity contribution in [3.05, 3.63) is 11.6 Å². The fraction of sp³-hybridized carbons (Fsp3) is 0.818. The molecule has 0 aromatic rings. The fourth-order valence-corrected chi connectivity index (χ4v) is 5.84. The lowest BCUT2D eigenvalue weighted by Crippen LogP contribution is -2.62. The second-order valence-corrected chi connectivity index (χ2v) is 9.58. The number of aliphatic carboxylic acids is 1. The minimum Gasteiger partial charge on any atom is -0.481 e. The molecule has 3 N–H and O–H groups in total. The molecular weight excluding hydrogens is 360 g/mol. The van der Waals surface area contributed by atoms with Gasteiger partial charge in [-0.15, -0.1) is 0 Å². The molecule has 0 heterocycles. The monoisotopic (exact) mass is 396 g/mol. The number of carboxylic acids is 1. The zero-order valence-electron chi connectivity index (χ0n) is 17.8. The molecular formula is C22H36O6. The fourth-order valence-electron chi connectivity index (χ4n) is 5.84.